The van der Waals surface area contributed by atoms with E-state index in [0.29, 0.717) is 24.3 Å². The van der Waals surface area contributed by atoms with Crippen molar-refractivity contribution in [1.82, 2.24) is 0 Å². The first-order valence-electron chi connectivity index (χ1n) is 8.47. The number of amides is 1. The molecule has 6 nitrogen and oxygen atoms in total. The van der Waals surface area contributed by atoms with Crippen LogP contribution in [0.3, 0.4) is 0 Å². The number of sulfone groups is 1. The Kier molecular flexibility index (Phi) is 8.75. The minimum atomic E-state index is -3.38. The van der Waals surface area contributed by atoms with Gasteiger partial charge in [-0.3, -0.25) is 4.79 Å². The van der Waals surface area contributed by atoms with Crippen molar-refractivity contribution in [3.8, 4) is 11.5 Å². The van der Waals surface area contributed by atoms with Gasteiger partial charge in [0.25, 0.3) is 0 Å². The Morgan fingerprint density at radius 1 is 1.15 bits per heavy atom. The molecular formula is C19H25ClN2O4S. The van der Waals surface area contributed by atoms with Gasteiger partial charge in [0.1, 0.15) is 16.4 Å². The van der Waals surface area contributed by atoms with Gasteiger partial charge in [-0.1, -0.05) is 19.1 Å². The zero-order valence-corrected chi connectivity index (χ0v) is 17.0. The third-order valence-corrected chi connectivity index (χ3v) is 5.52. The molecule has 1 unspecified atom stereocenters. The van der Waals surface area contributed by atoms with E-state index in [1.165, 1.54) is 6.07 Å². The molecule has 8 heteroatoms. The third kappa shape index (κ3) is 6.86. The van der Waals surface area contributed by atoms with Crippen molar-refractivity contribution >= 4 is 33.8 Å². The zero-order valence-electron chi connectivity index (χ0n) is 15.3. The molecule has 0 aliphatic heterocycles. The number of benzene rings is 2. The molecule has 2 aromatic carbocycles. The maximum Gasteiger partial charge on any atom is 0.224 e. The number of carbonyl (C=O) groups excluding carboxylic acids is 1. The van der Waals surface area contributed by atoms with Crippen LogP contribution in [0, 0.1) is 0 Å². The second-order valence-corrected chi connectivity index (χ2v) is 8.29. The van der Waals surface area contributed by atoms with Crippen molar-refractivity contribution in [3.05, 3.63) is 48.5 Å². The number of rotatable bonds is 8. The van der Waals surface area contributed by atoms with Crippen LogP contribution in [0.1, 0.15) is 26.7 Å². The molecular weight excluding hydrogens is 388 g/mol. The van der Waals surface area contributed by atoms with Gasteiger partial charge in [0.05, 0.1) is 5.75 Å². The van der Waals surface area contributed by atoms with Crippen LogP contribution in [-0.4, -0.2) is 26.1 Å². The average molecular weight is 413 g/mol. The molecule has 0 aliphatic rings. The molecule has 0 saturated carbocycles. The molecule has 2 aromatic rings. The molecule has 148 valence electrons. The highest BCUT2D eigenvalue weighted by atomic mass is 35.5. The summed E-state index contributed by atoms with van der Waals surface area (Å²) in [6, 6.07) is 13.3. The van der Waals surface area contributed by atoms with E-state index in [-0.39, 0.29) is 40.8 Å². The molecule has 0 heterocycles. The molecule has 0 saturated heterocycles. The number of hydrogen-bond donors (Lipinski definition) is 2. The largest absolute Gasteiger partial charge is 0.456 e. The first-order valence-corrected chi connectivity index (χ1v) is 10.1. The molecule has 1 atom stereocenters. The van der Waals surface area contributed by atoms with E-state index in [9.17, 15) is 13.2 Å². The summed E-state index contributed by atoms with van der Waals surface area (Å²) in [6.07, 6.45) is 0.980. The summed E-state index contributed by atoms with van der Waals surface area (Å²) >= 11 is 0. The van der Waals surface area contributed by atoms with E-state index in [0.717, 1.165) is 0 Å². The Hall–Kier alpha value is -2.09. The summed E-state index contributed by atoms with van der Waals surface area (Å²) in [5, 5.41) is 2.79. The molecule has 0 aromatic heterocycles. The van der Waals surface area contributed by atoms with Gasteiger partial charge in [-0.2, -0.15) is 0 Å². The average Bonchev–Trinajstić information content (AvgIpc) is 2.62. The predicted octanol–water partition coefficient (Wildman–Crippen LogP) is 3.76. The van der Waals surface area contributed by atoms with Crippen LogP contribution in [0.4, 0.5) is 5.69 Å². The Labute approximate surface area is 166 Å². The van der Waals surface area contributed by atoms with E-state index in [1.807, 2.05) is 6.92 Å². The quantitative estimate of drug-likeness (QED) is 0.687. The smallest absolute Gasteiger partial charge is 0.224 e. The summed E-state index contributed by atoms with van der Waals surface area (Å²) in [7, 11) is -3.38. The van der Waals surface area contributed by atoms with Crippen LogP contribution in [-0.2, 0) is 14.6 Å². The van der Waals surface area contributed by atoms with Crippen molar-refractivity contribution in [3.63, 3.8) is 0 Å². The normalized spacial score (nSPS) is 12.0. The molecule has 27 heavy (non-hydrogen) atoms. The van der Waals surface area contributed by atoms with Crippen LogP contribution < -0.4 is 15.8 Å². The molecule has 0 radical (unpaired) electrons. The second-order valence-electron chi connectivity index (χ2n) is 6.04. The van der Waals surface area contributed by atoms with Gasteiger partial charge in [-0.05, 0) is 49.7 Å². The van der Waals surface area contributed by atoms with E-state index in [4.69, 9.17) is 10.5 Å². The van der Waals surface area contributed by atoms with Crippen LogP contribution in [0.15, 0.2) is 53.4 Å². The van der Waals surface area contributed by atoms with Gasteiger partial charge in [-0.25, -0.2) is 8.42 Å². The summed E-state index contributed by atoms with van der Waals surface area (Å²) in [4.78, 5) is 12.0. The Morgan fingerprint density at radius 2 is 1.78 bits per heavy atom. The number of nitrogens with two attached hydrogens (primary N) is 1. The fourth-order valence-corrected chi connectivity index (χ4v) is 3.28. The monoisotopic (exact) mass is 412 g/mol. The molecule has 3 N–H and O–H groups in total. The standard InChI is InChI=1S/C19H24N2O4S.ClH/c1-3-26(23,24)18-7-5-4-6-17(18)25-16-11-9-15(10-12-16)21-19(22)13-8-14(2)20;/h4-7,9-12,14H,3,8,13,20H2,1-2H3,(H,21,22);1H. The Morgan fingerprint density at radius 3 is 2.37 bits per heavy atom. The number of carbonyl (C=O) groups is 1. The maximum atomic E-state index is 12.2. The van der Waals surface area contributed by atoms with Crippen molar-refractivity contribution in [2.45, 2.75) is 37.6 Å². The molecule has 0 fully saturated rings. The summed E-state index contributed by atoms with van der Waals surface area (Å²) in [5.74, 6) is 0.662. The molecule has 0 spiro atoms. The summed E-state index contributed by atoms with van der Waals surface area (Å²) in [5.41, 5.74) is 6.28. The van der Waals surface area contributed by atoms with Crippen molar-refractivity contribution < 1.29 is 17.9 Å². The minimum absolute atomic E-state index is 0. The van der Waals surface area contributed by atoms with E-state index < -0.39 is 9.84 Å². The van der Waals surface area contributed by atoms with E-state index in [1.54, 1.807) is 49.4 Å². The first-order chi connectivity index (χ1) is 12.3. The molecule has 2 rings (SSSR count). The third-order valence-electron chi connectivity index (χ3n) is 3.76. The minimum Gasteiger partial charge on any atom is -0.456 e. The highest BCUT2D eigenvalue weighted by Crippen LogP contribution is 2.30. The lowest BCUT2D eigenvalue weighted by molar-refractivity contribution is -0.116. The van der Waals surface area contributed by atoms with Crippen LogP contribution in [0.5, 0.6) is 11.5 Å². The fraction of sp³-hybridized carbons (Fsp3) is 0.316. The SMILES string of the molecule is CCS(=O)(=O)c1ccccc1Oc1ccc(NC(=O)CCC(C)N)cc1.Cl. The van der Waals surface area contributed by atoms with Gasteiger partial charge in [-0.15, -0.1) is 12.4 Å². The van der Waals surface area contributed by atoms with Crippen LogP contribution >= 0.6 is 12.4 Å². The maximum absolute atomic E-state index is 12.2. The number of para-hydroxylation sites is 1. The van der Waals surface area contributed by atoms with Gasteiger partial charge < -0.3 is 15.8 Å². The number of hydrogen-bond acceptors (Lipinski definition) is 5. The second kappa shape index (κ2) is 10.3. The fourth-order valence-electron chi connectivity index (χ4n) is 2.26. The van der Waals surface area contributed by atoms with Crippen LogP contribution in [0.25, 0.3) is 0 Å². The summed E-state index contributed by atoms with van der Waals surface area (Å²) < 4.78 is 30.0. The summed E-state index contributed by atoms with van der Waals surface area (Å²) in [6.45, 7) is 3.45. The highest BCUT2D eigenvalue weighted by molar-refractivity contribution is 7.91. The molecule has 0 aliphatic carbocycles. The van der Waals surface area contributed by atoms with E-state index >= 15 is 0 Å². The number of anilines is 1. The topological polar surface area (TPSA) is 98.5 Å². The van der Waals surface area contributed by atoms with Crippen LogP contribution in [0.2, 0.25) is 0 Å². The van der Waals surface area contributed by atoms with E-state index in [2.05, 4.69) is 5.32 Å². The lowest BCUT2D eigenvalue weighted by Gasteiger charge is -2.12. The predicted molar refractivity (Wildman–Crippen MR) is 109 cm³/mol. The molecule has 0 bridgehead atoms. The van der Waals surface area contributed by atoms with Gasteiger partial charge in [0.2, 0.25) is 5.91 Å². The lowest BCUT2D eigenvalue weighted by Crippen LogP contribution is -2.19. The first kappa shape index (κ1) is 23.0. The van der Waals surface area contributed by atoms with Gasteiger partial charge in [0, 0.05) is 18.2 Å². The number of halogens is 1. The number of nitrogens with one attached hydrogen (secondary N) is 1. The Bertz CT molecular complexity index is 852. The van der Waals surface area contributed by atoms with Crippen molar-refractivity contribution in [2.75, 3.05) is 11.1 Å². The Balaban J connectivity index is 0.00000364. The zero-order chi connectivity index (χ0) is 19.2. The highest BCUT2D eigenvalue weighted by Gasteiger charge is 2.17. The van der Waals surface area contributed by atoms with Gasteiger partial charge in [0.15, 0.2) is 9.84 Å². The molecule has 1 amide bonds. The van der Waals surface area contributed by atoms with Gasteiger partial charge >= 0.3 is 0 Å². The lowest BCUT2D eigenvalue weighted by atomic mass is 10.2. The van der Waals surface area contributed by atoms with Crippen molar-refractivity contribution in [1.29, 1.82) is 0 Å². The number of ether oxygens (including phenoxy) is 1. The van der Waals surface area contributed by atoms with Crippen molar-refractivity contribution in [2.24, 2.45) is 5.73 Å².